The second-order valence-corrected chi connectivity index (χ2v) is 8.46. The summed E-state index contributed by atoms with van der Waals surface area (Å²) in [6, 6.07) is 8.29. The summed E-state index contributed by atoms with van der Waals surface area (Å²) in [6.45, 7) is 5.62. The first kappa shape index (κ1) is 18.7. The van der Waals surface area contributed by atoms with Gasteiger partial charge in [-0.05, 0) is 57.4 Å². The van der Waals surface area contributed by atoms with Gasteiger partial charge < -0.3 is 9.80 Å². The Morgan fingerprint density at radius 3 is 2.86 bits per heavy atom. The number of aromatic nitrogens is 2. The molecule has 0 aliphatic carbocycles. The molecule has 0 radical (unpaired) electrons. The maximum Gasteiger partial charge on any atom is 0.347 e. The highest BCUT2D eigenvalue weighted by Gasteiger charge is 2.54. The summed E-state index contributed by atoms with van der Waals surface area (Å²) in [5, 5.41) is 0. The van der Waals surface area contributed by atoms with Gasteiger partial charge in [-0.25, -0.2) is 14.2 Å². The number of nitrogens with zero attached hydrogens (tertiary/aromatic N) is 4. The van der Waals surface area contributed by atoms with Crippen molar-refractivity contribution < 1.29 is 9.18 Å². The van der Waals surface area contributed by atoms with E-state index in [4.69, 9.17) is 0 Å². The van der Waals surface area contributed by atoms with Gasteiger partial charge in [-0.15, -0.1) is 0 Å². The Labute approximate surface area is 163 Å². The smallest absolute Gasteiger partial charge is 0.347 e. The van der Waals surface area contributed by atoms with E-state index in [0.717, 1.165) is 24.9 Å². The Bertz CT molecular complexity index is 957. The molecule has 0 N–H and O–H groups in total. The van der Waals surface area contributed by atoms with Crippen LogP contribution in [0, 0.1) is 5.82 Å². The summed E-state index contributed by atoms with van der Waals surface area (Å²) >= 11 is 0. The van der Waals surface area contributed by atoms with Crippen LogP contribution in [0.5, 0.6) is 0 Å². The molecule has 4 rings (SSSR count). The van der Waals surface area contributed by atoms with E-state index in [2.05, 4.69) is 23.7 Å². The van der Waals surface area contributed by atoms with Crippen LogP contribution >= 0.6 is 0 Å². The zero-order chi connectivity index (χ0) is 19.9. The highest BCUT2D eigenvalue weighted by atomic mass is 19.1. The van der Waals surface area contributed by atoms with Crippen LogP contribution in [0.3, 0.4) is 0 Å². The number of benzene rings is 1. The van der Waals surface area contributed by atoms with E-state index in [1.54, 1.807) is 24.4 Å². The Morgan fingerprint density at radius 2 is 2.11 bits per heavy atom. The van der Waals surface area contributed by atoms with E-state index in [0.29, 0.717) is 13.1 Å². The zero-order valence-electron chi connectivity index (χ0n) is 16.3. The molecule has 0 bridgehead atoms. The number of hydrogen-bond donors (Lipinski definition) is 0. The first-order valence-electron chi connectivity index (χ1n) is 9.66. The lowest BCUT2D eigenvalue weighted by atomic mass is 9.87. The number of carbonyl (C=O) groups is 1. The molecule has 1 aromatic heterocycles. The average molecular weight is 384 g/mol. The predicted molar refractivity (Wildman–Crippen MR) is 105 cm³/mol. The van der Waals surface area contributed by atoms with Crippen molar-refractivity contribution in [3.63, 3.8) is 0 Å². The number of hydrogen-bond acceptors (Lipinski definition) is 4. The molecule has 7 heteroatoms. The molecule has 28 heavy (non-hydrogen) atoms. The van der Waals surface area contributed by atoms with Crippen LogP contribution in [0.4, 0.5) is 10.1 Å². The van der Waals surface area contributed by atoms with Crippen molar-refractivity contribution in [2.75, 3.05) is 18.0 Å². The fraction of sp³-hybridized carbons (Fsp3) is 0.476. The fourth-order valence-electron chi connectivity index (χ4n) is 4.96. The van der Waals surface area contributed by atoms with Crippen molar-refractivity contribution in [3.05, 3.63) is 59.0 Å². The summed E-state index contributed by atoms with van der Waals surface area (Å²) in [4.78, 5) is 32.9. The van der Waals surface area contributed by atoms with Gasteiger partial charge in [0, 0.05) is 36.7 Å². The lowest BCUT2D eigenvalue weighted by molar-refractivity contribution is -0.135. The topological polar surface area (TPSA) is 58.4 Å². The number of likely N-dealkylation sites (tertiary alicyclic amines) is 1. The third kappa shape index (κ3) is 3.19. The molecule has 2 fully saturated rings. The van der Waals surface area contributed by atoms with Crippen LogP contribution in [0.15, 0.2) is 47.5 Å². The maximum atomic E-state index is 13.8. The fourth-order valence-corrected chi connectivity index (χ4v) is 4.96. The molecule has 6 nitrogen and oxygen atoms in total. The Kier molecular flexibility index (Phi) is 4.48. The second kappa shape index (κ2) is 6.72. The standard InChI is InChI=1S/C21H25FN4O2/c1-20(2)14-21(15-26(20)17-7-3-6-16(22)12-17)8-4-11-25(21)18(27)13-24-10-5-9-23-19(24)28/h3,5-7,9-10,12H,4,8,11,13-15H2,1-2H3. The average Bonchev–Trinajstić information content (AvgIpc) is 3.16. The first-order valence-corrected chi connectivity index (χ1v) is 9.66. The number of carbonyl (C=O) groups excluding carboxylic acids is 1. The minimum atomic E-state index is -0.419. The summed E-state index contributed by atoms with van der Waals surface area (Å²) in [7, 11) is 0. The molecule has 148 valence electrons. The Morgan fingerprint density at radius 1 is 1.29 bits per heavy atom. The molecule has 2 aliphatic rings. The minimum absolute atomic E-state index is 0.00514. The minimum Gasteiger partial charge on any atom is -0.364 e. The lowest BCUT2D eigenvalue weighted by Gasteiger charge is -2.35. The van der Waals surface area contributed by atoms with Crippen LogP contribution in [-0.2, 0) is 11.3 Å². The molecular formula is C21H25FN4O2. The lowest BCUT2D eigenvalue weighted by Crippen LogP contribution is -2.50. The third-order valence-corrected chi connectivity index (χ3v) is 6.05. The molecule has 1 spiro atoms. The van der Waals surface area contributed by atoms with Crippen LogP contribution in [0.25, 0.3) is 0 Å². The maximum absolute atomic E-state index is 13.8. The van der Waals surface area contributed by atoms with Gasteiger partial charge in [0.2, 0.25) is 5.91 Å². The highest BCUT2D eigenvalue weighted by molar-refractivity contribution is 5.77. The third-order valence-electron chi connectivity index (χ3n) is 6.05. The number of amides is 1. The van der Waals surface area contributed by atoms with Gasteiger partial charge in [-0.3, -0.25) is 9.36 Å². The number of rotatable bonds is 3. The quantitative estimate of drug-likeness (QED) is 0.816. The van der Waals surface area contributed by atoms with Gasteiger partial charge >= 0.3 is 5.69 Å². The van der Waals surface area contributed by atoms with E-state index in [-0.39, 0.29) is 29.3 Å². The molecule has 2 saturated heterocycles. The molecule has 1 amide bonds. The van der Waals surface area contributed by atoms with Crippen molar-refractivity contribution in [1.29, 1.82) is 0 Å². The van der Waals surface area contributed by atoms with Gasteiger partial charge in [-0.1, -0.05) is 6.07 Å². The van der Waals surface area contributed by atoms with Gasteiger partial charge in [0.1, 0.15) is 12.4 Å². The molecule has 1 atom stereocenters. The molecule has 1 unspecified atom stereocenters. The van der Waals surface area contributed by atoms with Crippen LogP contribution in [0.1, 0.15) is 33.1 Å². The number of halogens is 1. The molecule has 2 aromatic rings. The molecular weight excluding hydrogens is 359 g/mol. The van der Waals surface area contributed by atoms with Crippen molar-refractivity contribution in [3.8, 4) is 0 Å². The predicted octanol–water partition coefficient (Wildman–Crippen LogP) is 2.43. The highest BCUT2D eigenvalue weighted by Crippen LogP contribution is 2.47. The SMILES string of the molecule is CC1(C)CC2(CCCN2C(=O)Cn2cccnc2=O)CN1c1cccc(F)c1. The molecule has 3 heterocycles. The van der Waals surface area contributed by atoms with Crippen LogP contribution in [0.2, 0.25) is 0 Å². The largest absolute Gasteiger partial charge is 0.364 e. The van der Waals surface area contributed by atoms with Gasteiger partial charge in [0.05, 0.1) is 5.54 Å². The van der Waals surface area contributed by atoms with E-state index in [1.165, 1.54) is 16.8 Å². The van der Waals surface area contributed by atoms with Crippen LogP contribution < -0.4 is 10.6 Å². The van der Waals surface area contributed by atoms with Crippen LogP contribution in [-0.4, -0.2) is 44.5 Å². The van der Waals surface area contributed by atoms with E-state index >= 15 is 0 Å². The van der Waals surface area contributed by atoms with Crippen molar-refractivity contribution >= 4 is 11.6 Å². The molecule has 1 aromatic carbocycles. The summed E-state index contributed by atoms with van der Waals surface area (Å²) in [6.07, 6.45) is 5.67. The summed E-state index contributed by atoms with van der Waals surface area (Å²) in [5.74, 6) is -0.325. The number of anilines is 1. The van der Waals surface area contributed by atoms with Crippen molar-refractivity contribution in [2.45, 2.75) is 50.7 Å². The Balaban J connectivity index is 1.61. The normalized spacial score (nSPS) is 23.5. The van der Waals surface area contributed by atoms with Gasteiger partial charge in [-0.2, -0.15) is 0 Å². The van der Waals surface area contributed by atoms with E-state index < -0.39 is 5.69 Å². The van der Waals surface area contributed by atoms with Crippen molar-refractivity contribution in [1.82, 2.24) is 14.5 Å². The summed E-state index contributed by atoms with van der Waals surface area (Å²) in [5.41, 5.74) is -0.0811. The van der Waals surface area contributed by atoms with Gasteiger partial charge in [0.25, 0.3) is 0 Å². The van der Waals surface area contributed by atoms with E-state index in [9.17, 15) is 14.0 Å². The summed E-state index contributed by atoms with van der Waals surface area (Å²) < 4.78 is 15.1. The molecule has 2 aliphatic heterocycles. The monoisotopic (exact) mass is 384 g/mol. The van der Waals surface area contributed by atoms with E-state index in [1.807, 2.05) is 11.0 Å². The molecule has 0 saturated carbocycles. The first-order chi connectivity index (χ1) is 13.3. The van der Waals surface area contributed by atoms with Crippen molar-refractivity contribution in [2.24, 2.45) is 0 Å². The second-order valence-electron chi connectivity index (χ2n) is 8.46. The Hall–Kier alpha value is -2.70. The zero-order valence-corrected chi connectivity index (χ0v) is 16.3. The van der Waals surface area contributed by atoms with Gasteiger partial charge in [0.15, 0.2) is 0 Å².